The van der Waals surface area contributed by atoms with Crippen LogP contribution in [-0.2, 0) is 10.0 Å². The number of hydrogen-bond donors (Lipinski definition) is 0. The van der Waals surface area contributed by atoms with E-state index in [0.29, 0.717) is 17.1 Å². The minimum Gasteiger partial charge on any atom is -0.486 e. The van der Waals surface area contributed by atoms with Gasteiger partial charge in [0.1, 0.15) is 12.7 Å². The van der Waals surface area contributed by atoms with Gasteiger partial charge in [-0.2, -0.15) is 4.31 Å². The number of benzene rings is 2. The van der Waals surface area contributed by atoms with E-state index in [1.54, 1.807) is 24.3 Å². The van der Waals surface area contributed by atoms with Gasteiger partial charge in [-0.25, -0.2) is 8.42 Å². The Labute approximate surface area is 147 Å². The van der Waals surface area contributed by atoms with Gasteiger partial charge in [-0.3, -0.25) is 4.79 Å². The van der Waals surface area contributed by atoms with E-state index >= 15 is 0 Å². The lowest BCUT2D eigenvalue weighted by Crippen LogP contribution is -2.41. The van der Waals surface area contributed by atoms with Gasteiger partial charge in [-0.05, 0) is 31.2 Å². The molecule has 1 aliphatic heterocycles. The molecule has 132 valence electrons. The summed E-state index contributed by atoms with van der Waals surface area (Å²) in [5, 5.41) is 0. The summed E-state index contributed by atoms with van der Waals surface area (Å²) in [6.07, 6.45) is -0.411. The number of para-hydroxylation sites is 2. The van der Waals surface area contributed by atoms with Crippen molar-refractivity contribution in [1.82, 2.24) is 4.31 Å². The van der Waals surface area contributed by atoms with Crippen LogP contribution in [0.1, 0.15) is 17.3 Å². The summed E-state index contributed by atoms with van der Waals surface area (Å²) in [6, 6.07) is 13.3. The van der Waals surface area contributed by atoms with E-state index in [4.69, 9.17) is 9.47 Å². The summed E-state index contributed by atoms with van der Waals surface area (Å²) < 4.78 is 38.1. The van der Waals surface area contributed by atoms with Gasteiger partial charge in [0.25, 0.3) is 0 Å². The largest absolute Gasteiger partial charge is 0.486 e. The fourth-order valence-corrected chi connectivity index (χ4v) is 3.84. The van der Waals surface area contributed by atoms with E-state index in [1.807, 2.05) is 12.1 Å². The number of ketones is 1. The Hall–Kier alpha value is -2.38. The molecule has 1 aliphatic rings. The first-order valence-corrected chi connectivity index (χ1v) is 9.28. The molecule has 0 spiro atoms. The highest BCUT2D eigenvalue weighted by Crippen LogP contribution is 2.31. The Bertz CT molecular complexity index is 894. The zero-order chi connectivity index (χ0) is 18.0. The lowest BCUT2D eigenvalue weighted by molar-refractivity contribution is 0.0798. The molecule has 0 N–H and O–H groups in total. The lowest BCUT2D eigenvalue weighted by Gasteiger charge is -2.29. The molecule has 0 saturated carbocycles. The molecule has 1 atom stereocenters. The van der Waals surface area contributed by atoms with Crippen molar-refractivity contribution in [3.63, 3.8) is 0 Å². The van der Waals surface area contributed by atoms with Crippen LogP contribution in [0, 0.1) is 0 Å². The standard InChI is InChI=1S/C18H19NO5S/c1-13(20)14-6-5-7-16(10-14)25(21,22)19(2)11-15-12-23-17-8-3-4-9-18(17)24-15/h3-10,15H,11-12H2,1-2H3/t15-/m1/s1. The smallest absolute Gasteiger partial charge is 0.242 e. The molecule has 0 aliphatic carbocycles. The van der Waals surface area contributed by atoms with Crippen LogP contribution in [0.15, 0.2) is 53.4 Å². The summed E-state index contributed by atoms with van der Waals surface area (Å²) in [4.78, 5) is 11.6. The van der Waals surface area contributed by atoms with E-state index < -0.39 is 16.1 Å². The van der Waals surface area contributed by atoms with Crippen molar-refractivity contribution in [3.8, 4) is 11.5 Å². The first kappa shape index (κ1) is 17.4. The monoisotopic (exact) mass is 361 g/mol. The van der Waals surface area contributed by atoms with E-state index in [9.17, 15) is 13.2 Å². The molecule has 25 heavy (non-hydrogen) atoms. The number of fused-ring (bicyclic) bond motifs is 1. The first-order valence-electron chi connectivity index (χ1n) is 7.84. The normalized spacial score (nSPS) is 16.7. The Morgan fingerprint density at radius 2 is 1.88 bits per heavy atom. The number of likely N-dealkylation sites (N-methyl/N-ethyl adjacent to an activating group) is 1. The van der Waals surface area contributed by atoms with Gasteiger partial charge in [-0.1, -0.05) is 24.3 Å². The Kier molecular flexibility index (Phi) is 4.78. The minimum atomic E-state index is -3.73. The number of sulfonamides is 1. The molecule has 0 bridgehead atoms. The number of carbonyl (C=O) groups is 1. The molecule has 0 fully saturated rings. The van der Waals surface area contributed by atoms with Crippen LogP contribution in [-0.4, -0.2) is 44.8 Å². The van der Waals surface area contributed by atoms with E-state index in [-0.39, 0.29) is 23.8 Å². The van der Waals surface area contributed by atoms with Gasteiger partial charge in [-0.15, -0.1) is 0 Å². The van der Waals surface area contributed by atoms with Gasteiger partial charge in [0.05, 0.1) is 11.4 Å². The molecule has 7 heteroatoms. The second kappa shape index (κ2) is 6.85. The number of hydrogen-bond acceptors (Lipinski definition) is 5. The topological polar surface area (TPSA) is 72.9 Å². The Morgan fingerprint density at radius 1 is 1.16 bits per heavy atom. The average molecular weight is 361 g/mol. The van der Waals surface area contributed by atoms with Crippen molar-refractivity contribution < 1.29 is 22.7 Å². The zero-order valence-electron chi connectivity index (χ0n) is 14.0. The van der Waals surface area contributed by atoms with Gasteiger partial charge in [0.2, 0.25) is 10.0 Å². The fraction of sp³-hybridized carbons (Fsp3) is 0.278. The predicted octanol–water partition coefficient (Wildman–Crippen LogP) is 2.35. The van der Waals surface area contributed by atoms with Crippen molar-refractivity contribution in [1.29, 1.82) is 0 Å². The highest BCUT2D eigenvalue weighted by molar-refractivity contribution is 7.89. The third kappa shape index (κ3) is 3.67. The molecule has 2 aromatic carbocycles. The van der Waals surface area contributed by atoms with Crippen molar-refractivity contribution in [3.05, 3.63) is 54.1 Å². The molecule has 0 unspecified atom stereocenters. The summed E-state index contributed by atoms with van der Waals surface area (Å²) >= 11 is 0. The minimum absolute atomic E-state index is 0.0832. The maximum atomic E-state index is 12.7. The van der Waals surface area contributed by atoms with Crippen LogP contribution in [0.2, 0.25) is 0 Å². The number of ether oxygens (including phenoxy) is 2. The summed E-state index contributed by atoms with van der Waals surface area (Å²) in [7, 11) is -2.24. The summed E-state index contributed by atoms with van der Waals surface area (Å²) in [6.45, 7) is 1.81. The highest BCUT2D eigenvalue weighted by atomic mass is 32.2. The Balaban J connectivity index is 1.75. The molecule has 0 aromatic heterocycles. The number of nitrogens with zero attached hydrogens (tertiary/aromatic N) is 1. The highest BCUT2D eigenvalue weighted by Gasteiger charge is 2.28. The average Bonchev–Trinajstić information content (AvgIpc) is 2.61. The molecule has 0 radical (unpaired) electrons. The van der Waals surface area contributed by atoms with Crippen molar-refractivity contribution in [2.45, 2.75) is 17.9 Å². The third-order valence-electron chi connectivity index (χ3n) is 3.98. The van der Waals surface area contributed by atoms with Crippen molar-refractivity contribution >= 4 is 15.8 Å². The van der Waals surface area contributed by atoms with Gasteiger partial charge >= 0.3 is 0 Å². The Morgan fingerprint density at radius 3 is 2.60 bits per heavy atom. The number of rotatable bonds is 5. The van der Waals surface area contributed by atoms with Crippen LogP contribution in [0.5, 0.6) is 11.5 Å². The molecular formula is C18H19NO5S. The first-order chi connectivity index (χ1) is 11.9. The molecule has 0 amide bonds. The van der Waals surface area contributed by atoms with Gasteiger partial charge < -0.3 is 9.47 Å². The van der Waals surface area contributed by atoms with Crippen molar-refractivity contribution in [2.75, 3.05) is 20.2 Å². The SMILES string of the molecule is CC(=O)c1cccc(S(=O)(=O)N(C)C[C@@H]2COc3ccccc3O2)c1. The molecular weight excluding hydrogens is 342 g/mol. The van der Waals surface area contributed by atoms with Crippen LogP contribution >= 0.6 is 0 Å². The fourth-order valence-electron chi connectivity index (χ4n) is 2.59. The van der Waals surface area contributed by atoms with Crippen LogP contribution in [0.3, 0.4) is 0 Å². The van der Waals surface area contributed by atoms with E-state index in [0.717, 1.165) is 0 Å². The van der Waals surface area contributed by atoms with Gasteiger partial charge in [0, 0.05) is 12.6 Å². The summed E-state index contributed by atoms with van der Waals surface area (Å²) in [5.74, 6) is 1.07. The number of Topliss-reactive ketones (excluding diaryl/α,β-unsaturated/α-hetero) is 1. The van der Waals surface area contributed by atoms with E-state index in [1.165, 1.54) is 30.4 Å². The third-order valence-corrected chi connectivity index (χ3v) is 5.80. The predicted molar refractivity (Wildman–Crippen MR) is 92.6 cm³/mol. The van der Waals surface area contributed by atoms with Crippen LogP contribution < -0.4 is 9.47 Å². The van der Waals surface area contributed by atoms with Crippen molar-refractivity contribution in [2.24, 2.45) is 0 Å². The molecule has 3 rings (SSSR count). The van der Waals surface area contributed by atoms with Gasteiger partial charge in [0.15, 0.2) is 17.3 Å². The summed E-state index contributed by atoms with van der Waals surface area (Å²) in [5.41, 5.74) is 0.362. The molecule has 0 saturated heterocycles. The number of carbonyl (C=O) groups excluding carboxylic acids is 1. The molecule has 2 aromatic rings. The second-order valence-electron chi connectivity index (χ2n) is 5.87. The quantitative estimate of drug-likeness (QED) is 0.765. The van der Waals surface area contributed by atoms with E-state index in [2.05, 4.69) is 0 Å². The second-order valence-corrected chi connectivity index (χ2v) is 7.91. The molecule has 1 heterocycles. The maximum Gasteiger partial charge on any atom is 0.242 e. The maximum absolute atomic E-state index is 12.7. The van der Waals surface area contributed by atoms with Crippen LogP contribution in [0.25, 0.3) is 0 Å². The lowest BCUT2D eigenvalue weighted by atomic mass is 10.2. The zero-order valence-corrected chi connectivity index (χ0v) is 14.8. The molecule has 6 nitrogen and oxygen atoms in total. The van der Waals surface area contributed by atoms with Crippen LogP contribution in [0.4, 0.5) is 0 Å².